The van der Waals surface area contributed by atoms with Crippen molar-refractivity contribution in [2.75, 3.05) is 12.4 Å². The van der Waals surface area contributed by atoms with Gasteiger partial charge in [-0.15, -0.1) is 0 Å². The number of hydrogen-bond acceptors (Lipinski definition) is 5. The molecule has 2 rings (SSSR count). The summed E-state index contributed by atoms with van der Waals surface area (Å²) in [7, 11) is 1.54. The van der Waals surface area contributed by atoms with E-state index in [1.54, 1.807) is 12.1 Å². The number of hydrogen-bond donors (Lipinski definition) is 2. The molecule has 0 aromatic carbocycles. The van der Waals surface area contributed by atoms with Crippen molar-refractivity contribution in [1.29, 1.82) is 0 Å². The van der Waals surface area contributed by atoms with Crippen molar-refractivity contribution in [3.05, 3.63) is 12.1 Å². The van der Waals surface area contributed by atoms with Gasteiger partial charge in [0, 0.05) is 6.07 Å². The molecule has 0 aliphatic heterocycles. The van der Waals surface area contributed by atoms with Gasteiger partial charge in [0.25, 0.3) is 0 Å². The van der Waals surface area contributed by atoms with Crippen LogP contribution in [0.2, 0.25) is 0 Å². The monoisotopic (exact) mass is 224 g/mol. The van der Waals surface area contributed by atoms with E-state index in [0.29, 0.717) is 21.4 Å². The molecule has 0 radical (unpaired) electrons. The van der Waals surface area contributed by atoms with E-state index in [4.69, 9.17) is 10.5 Å². The van der Waals surface area contributed by atoms with Crippen LogP contribution < -0.4 is 15.8 Å². The maximum atomic E-state index is 10.6. The molecule has 0 aliphatic rings. The number of thiazole rings is 1. The van der Waals surface area contributed by atoms with E-state index in [9.17, 15) is 4.79 Å². The molecule has 0 spiro atoms. The van der Waals surface area contributed by atoms with Crippen LogP contribution in [0.4, 0.5) is 9.93 Å². The summed E-state index contributed by atoms with van der Waals surface area (Å²) in [5.74, 6) is 0.511. The van der Waals surface area contributed by atoms with Gasteiger partial charge >= 0.3 is 6.03 Å². The van der Waals surface area contributed by atoms with Gasteiger partial charge in [0.15, 0.2) is 5.13 Å². The van der Waals surface area contributed by atoms with Crippen LogP contribution in [0, 0.1) is 0 Å². The molecule has 0 atom stereocenters. The smallest absolute Gasteiger partial charge is 0.318 e. The number of primary amides is 1. The van der Waals surface area contributed by atoms with Crippen molar-refractivity contribution >= 4 is 32.8 Å². The van der Waals surface area contributed by atoms with E-state index in [1.165, 1.54) is 18.4 Å². The lowest BCUT2D eigenvalue weighted by molar-refractivity contribution is 0.259. The van der Waals surface area contributed by atoms with E-state index >= 15 is 0 Å². The van der Waals surface area contributed by atoms with Crippen LogP contribution in [0.5, 0.6) is 5.88 Å². The summed E-state index contributed by atoms with van der Waals surface area (Å²) in [6.07, 6.45) is 0. The van der Waals surface area contributed by atoms with Crippen LogP contribution in [0.1, 0.15) is 0 Å². The number of amides is 2. The quantitative estimate of drug-likeness (QED) is 0.801. The molecule has 0 saturated carbocycles. The maximum Gasteiger partial charge on any atom is 0.318 e. The summed E-state index contributed by atoms with van der Waals surface area (Å²) < 4.78 is 4.97. The average Bonchev–Trinajstić information content (AvgIpc) is 2.57. The normalized spacial score (nSPS) is 10.2. The van der Waals surface area contributed by atoms with Crippen molar-refractivity contribution in [3.8, 4) is 5.88 Å². The summed E-state index contributed by atoms with van der Waals surface area (Å²) in [6.45, 7) is 0. The summed E-state index contributed by atoms with van der Waals surface area (Å²) in [4.78, 5) is 19.6. The summed E-state index contributed by atoms with van der Waals surface area (Å²) in [5.41, 5.74) is 5.67. The molecule has 0 bridgehead atoms. The second-order valence-electron chi connectivity index (χ2n) is 2.69. The highest BCUT2D eigenvalue weighted by atomic mass is 32.1. The topological polar surface area (TPSA) is 90.1 Å². The second kappa shape index (κ2) is 3.70. The number of rotatable bonds is 2. The molecule has 78 valence electrons. The number of nitrogens with two attached hydrogens (primary N) is 1. The molecule has 3 N–H and O–H groups in total. The van der Waals surface area contributed by atoms with Crippen LogP contribution in [0.25, 0.3) is 10.3 Å². The van der Waals surface area contributed by atoms with Gasteiger partial charge in [-0.3, -0.25) is 5.32 Å². The standard InChI is InChI=1S/C8H8N4O2S/c1-14-5-3-2-4-6(11-5)15-8(10-4)12-7(9)13/h2-3H,1H3,(H3,9,10,12,13). The molecule has 2 aromatic heterocycles. The number of pyridine rings is 1. The van der Waals surface area contributed by atoms with E-state index in [1.807, 2.05) is 0 Å². The number of nitrogens with one attached hydrogen (secondary N) is 1. The highest BCUT2D eigenvalue weighted by Crippen LogP contribution is 2.25. The van der Waals surface area contributed by atoms with Crippen molar-refractivity contribution in [2.45, 2.75) is 0 Å². The Morgan fingerprint density at radius 1 is 1.53 bits per heavy atom. The third-order valence-electron chi connectivity index (χ3n) is 1.67. The first-order valence-electron chi connectivity index (χ1n) is 4.07. The number of carbonyl (C=O) groups excluding carboxylic acids is 1. The molecule has 0 unspecified atom stereocenters. The molecule has 0 aliphatic carbocycles. The Morgan fingerprint density at radius 3 is 3.00 bits per heavy atom. The number of carbonyl (C=O) groups is 1. The van der Waals surface area contributed by atoms with Gasteiger partial charge in [-0.25, -0.2) is 14.8 Å². The lowest BCUT2D eigenvalue weighted by atomic mass is 10.4. The molecule has 2 amide bonds. The lowest BCUT2D eigenvalue weighted by Gasteiger charge is -1.94. The van der Waals surface area contributed by atoms with Gasteiger partial charge in [-0.05, 0) is 6.07 Å². The van der Waals surface area contributed by atoms with E-state index < -0.39 is 6.03 Å². The van der Waals surface area contributed by atoms with Crippen LogP contribution >= 0.6 is 11.3 Å². The minimum absolute atomic E-state index is 0.429. The molecule has 6 nitrogen and oxygen atoms in total. The highest BCUT2D eigenvalue weighted by molar-refractivity contribution is 7.21. The number of fused-ring (bicyclic) bond motifs is 1. The average molecular weight is 224 g/mol. The summed E-state index contributed by atoms with van der Waals surface area (Å²) in [6, 6.07) is 2.83. The molecule has 2 heterocycles. The highest BCUT2D eigenvalue weighted by Gasteiger charge is 2.07. The van der Waals surface area contributed by atoms with Gasteiger partial charge in [0.2, 0.25) is 5.88 Å². The van der Waals surface area contributed by atoms with E-state index in [-0.39, 0.29) is 0 Å². The van der Waals surface area contributed by atoms with Gasteiger partial charge in [0.1, 0.15) is 10.3 Å². The Balaban J connectivity index is 2.42. The summed E-state index contributed by atoms with van der Waals surface area (Å²) >= 11 is 1.24. The zero-order valence-corrected chi connectivity index (χ0v) is 8.67. The van der Waals surface area contributed by atoms with E-state index in [0.717, 1.165) is 0 Å². The van der Waals surface area contributed by atoms with Gasteiger partial charge in [-0.2, -0.15) is 0 Å². The van der Waals surface area contributed by atoms with Gasteiger partial charge < -0.3 is 10.5 Å². The van der Waals surface area contributed by atoms with Crippen molar-refractivity contribution in [2.24, 2.45) is 5.73 Å². The minimum Gasteiger partial charge on any atom is -0.481 e. The molecule has 0 saturated heterocycles. The fourth-order valence-corrected chi connectivity index (χ4v) is 1.91. The Bertz CT molecular complexity index is 510. The number of urea groups is 1. The predicted molar refractivity (Wildman–Crippen MR) is 57.2 cm³/mol. The zero-order chi connectivity index (χ0) is 10.8. The Morgan fingerprint density at radius 2 is 2.33 bits per heavy atom. The first kappa shape index (κ1) is 9.66. The Kier molecular flexibility index (Phi) is 2.38. The second-order valence-corrected chi connectivity index (χ2v) is 3.66. The molecular formula is C8H8N4O2S. The molecule has 2 aromatic rings. The number of methoxy groups -OCH3 is 1. The number of aromatic nitrogens is 2. The first-order chi connectivity index (χ1) is 7.19. The third kappa shape index (κ3) is 1.96. The molecule has 7 heteroatoms. The van der Waals surface area contributed by atoms with Crippen LogP contribution in [-0.4, -0.2) is 23.1 Å². The fourth-order valence-electron chi connectivity index (χ4n) is 1.07. The maximum absolute atomic E-state index is 10.6. The van der Waals surface area contributed by atoms with Crippen LogP contribution in [-0.2, 0) is 0 Å². The van der Waals surface area contributed by atoms with Crippen molar-refractivity contribution in [1.82, 2.24) is 9.97 Å². The van der Waals surface area contributed by atoms with Crippen LogP contribution in [0.15, 0.2) is 12.1 Å². The minimum atomic E-state index is -0.638. The number of nitrogens with zero attached hydrogens (tertiary/aromatic N) is 2. The molecule has 0 fully saturated rings. The SMILES string of the molecule is COc1ccc2nc(NC(N)=O)sc2n1. The summed E-state index contributed by atoms with van der Waals surface area (Å²) in [5, 5.41) is 2.83. The van der Waals surface area contributed by atoms with Gasteiger partial charge in [0.05, 0.1) is 7.11 Å². The first-order valence-corrected chi connectivity index (χ1v) is 4.89. The third-order valence-corrected chi connectivity index (χ3v) is 2.55. The fraction of sp³-hybridized carbons (Fsp3) is 0.125. The van der Waals surface area contributed by atoms with Crippen LogP contribution in [0.3, 0.4) is 0 Å². The lowest BCUT2D eigenvalue weighted by Crippen LogP contribution is -2.18. The largest absolute Gasteiger partial charge is 0.481 e. The van der Waals surface area contributed by atoms with E-state index in [2.05, 4.69) is 15.3 Å². The number of anilines is 1. The van der Waals surface area contributed by atoms with Crippen molar-refractivity contribution < 1.29 is 9.53 Å². The Hall–Kier alpha value is -1.89. The molecular weight excluding hydrogens is 216 g/mol. The predicted octanol–water partition coefficient (Wildman–Crippen LogP) is 1.19. The Labute approximate surface area is 89.1 Å². The van der Waals surface area contributed by atoms with Gasteiger partial charge in [-0.1, -0.05) is 11.3 Å². The number of ether oxygens (including phenoxy) is 1. The van der Waals surface area contributed by atoms with Crippen molar-refractivity contribution in [3.63, 3.8) is 0 Å². The zero-order valence-electron chi connectivity index (χ0n) is 7.85. The molecule has 15 heavy (non-hydrogen) atoms.